The Hall–Kier alpha value is -1.91. The van der Waals surface area contributed by atoms with Crippen molar-refractivity contribution in [3.05, 3.63) is 39.9 Å². The summed E-state index contributed by atoms with van der Waals surface area (Å²) in [5, 5.41) is 13.4. The Morgan fingerprint density at radius 2 is 1.95 bits per heavy atom. The monoisotopic (exact) mass is 264 g/mol. The lowest BCUT2D eigenvalue weighted by molar-refractivity contribution is -0.384. The summed E-state index contributed by atoms with van der Waals surface area (Å²) in [6.45, 7) is 2.85. The van der Waals surface area contributed by atoms with Gasteiger partial charge in [0.05, 0.1) is 4.92 Å². The zero-order valence-electron chi connectivity index (χ0n) is 11.2. The summed E-state index contributed by atoms with van der Waals surface area (Å²) < 4.78 is 0. The van der Waals surface area contributed by atoms with E-state index in [1.165, 1.54) is 12.1 Å². The Morgan fingerprint density at radius 1 is 1.26 bits per heavy atom. The summed E-state index contributed by atoms with van der Waals surface area (Å²) in [4.78, 5) is 21.6. The number of carbonyl (C=O) groups excluding carboxylic acids is 1. The van der Waals surface area contributed by atoms with Gasteiger partial charge in [-0.1, -0.05) is 31.9 Å². The highest BCUT2D eigenvalue weighted by Gasteiger charge is 2.05. The first-order valence-electron chi connectivity index (χ1n) is 6.63. The molecule has 1 rings (SSSR count). The van der Waals surface area contributed by atoms with Crippen molar-refractivity contribution in [1.82, 2.24) is 5.32 Å². The van der Waals surface area contributed by atoms with Gasteiger partial charge in [-0.05, 0) is 18.4 Å². The van der Waals surface area contributed by atoms with Crippen LogP contribution in [-0.4, -0.2) is 17.4 Å². The summed E-state index contributed by atoms with van der Waals surface area (Å²) in [5.41, 5.74) is 1.02. The molecule has 0 saturated heterocycles. The second kappa shape index (κ2) is 8.24. The first kappa shape index (κ1) is 15.1. The number of nitro benzene ring substituents is 1. The number of aryl methyl sites for hydroxylation is 1. The van der Waals surface area contributed by atoms with E-state index in [1.54, 1.807) is 12.1 Å². The van der Waals surface area contributed by atoms with Crippen molar-refractivity contribution in [1.29, 1.82) is 0 Å². The fourth-order valence-electron chi connectivity index (χ4n) is 1.73. The van der Waals surface area contributed by atoms with Gasteiger partial charge in [-0.2, -0.15) is 0 Å². The number of amides is 1. The minimum absolute atomic E-state index is 0.0365. The second-order valence-electron chi connectivity index (χ2n) is 4.48. The number of carbonyl (C=O) groups is 1. The minimum atomic E-state index is -0.426. The van der Waals surface area contributed by atoms with Crippen molar-refractivity contribution >= 4 is 11.6 Å². The lowest BCUT2D eigenvalue weighted by Crippen LogP contribution is -2.24. The molecule has 5 nitrogen and oxygen atoms in total. The number of unbranched alkanes of at least 4 members (excludes halogenated alkanes) is 2. The van der Waals surface area contributed by atoms with Crippen LogP contribution in [0, 0.1) is 10.1 Å². The van der Waals surface area contributed by atoms with E-state index in [1.807, 2.05) is 0 Å². The smallest absolute Gasteiger partial charge is 0.269 e. The molecule has 0 aliphatic carbocycles. The van der Waals surface area contributed by atoms with Gasteiger partial charge >= 0.3 is 0 Å². The Bertz CT molecular complexity index is 415. The van der Waals surface area contributed by atoms with E-state index in [0.29, 0.717) is 12.8 Å². The number of benzene rings is 1. The molecule has 1 aromatic carbocycles. The highest BCUT2D eigenvalue weighted by Crippen LogP contribution is 2.12. The number of rotatable bonds is 8. The van der Waals surface area contributed by atoms with Crippen LogP contribution in [0.25, 0.3) is 0 Å². The number of nitrogens with zero attached hydrogens (tertiary/aromatic N) is 1. The molecule has 0 spiro atoms. The topological polar surface area (TPSA) is 72.2 Å². The molecule has 1 aromatic rings. The number of hydrogen-bond donors (Lipinski definition) is 1. The van der Waals surface area contributed by atoms with Crippen molar-refractivity contribution in [2.24, 2.45) is 0 Å². The van der Waals surface area contributed by atoms with Gasteiger partial charge in [-0.3, -0.25) is 14.9 Å². The van der Waals surface area contributed by atoms with E-state index in [0.717, 1.165) is 31.4 Å². The van der Waals surface area contributed by atoms with Crippen LogP contribution >= 0.6 is 0 Å². The fourth-order valence-corrected chi connectivity index (χ4v) is 1.73. The highest BCUT2D eigenvalue weighted by atomic mass is 16.6. The summed E-state index contributed by atoms with van der Waals surface area (Å²) >= 11 is 0. The summed E-state index contributed by atoms with van der Waals surface area (Å²) in [7, 11) is 0. The number of nitro groups is 1. The lowest BCUT2D eigenvalue weighted by Gasteiger charge is -2.04. The van der Waals surface area contributed by atoms with Gasteiger partial charge in [0.1, 0.15) is 0 Å². The molecule has 0 aliphatic rings. The van der Waals surface area contributed by atoms with Crippen molar-refractivity contribution in [3.8, 4) is 0 Å². The van der Waals surface area contributed by atoms with Crippen LogP contribution in [0.4, 0.5) is 5.69 Å². The third-order valence-corrected chi connectivity index (χ3v) is 2.89. The van der Waals surface area contributed by atoms with E-state index in [2.05, 4.69) is 12.2 Å². The highest BCUT2D eigenvalue weighted by molar-refractivity contribution is 5.76. The molecule has 19 heavy (non-hydrogen) atoms. The van der Waals surface area contributed by atoms with Gasteiger partial charge in [0.25, 0.3) is 5.69 Å². The second-order valence-corrected chi connectivity index (χ2v) is 4.48. The summed E-state index contributed by atoms with van der Waals surface area (Å²) in [6.07, 6.45) is 4.31. The largest absolute Gasteiger partial charge is 0.356 e. The quantitative estimate of drug-likeness (QED) is 0.446. The summed E-state index contributed by atoms with van der Waals surface area (Å²) in [6, 6.07) is 6.33. The van der Waals surface area contributed by atoms with Crippen LogP contribution in [0.2, 0.25) is 0 Å². The average molecular weight is 264 g/mol. The molecule has 104 valence electrons. The standard InChI is InChI=1S/C14H20N2O3/c1-2-3-4-11-15-14(17)10-7-12-5-8-13(9-6-12)16(18)19/h5-6,8-9H,2-4,7,10-11H2,1H3,(H,15,17). The maximum atomic E-state index is 11.5. The van der Waals surface area contributed by atoms with E-state index in [4.69, 9.17) is 0 Å². The molecule has 0 bridgehead atoms. The van der Waals surface area contributed by atoms with E-state index >= 15 is 0 Å². The first-order valence-corrected chi connectivity index (χ1v) is 6.63. The SMILES string of the molecule is CCCCCNC(=O)CCc1ccc([N+](=O)[O-])cc1. The van der Waals surface area contributed by atoms with Crippen LogP contribution in [0.1, 0.15) is 38.2 Å². The van der Waals surface area contributed by atoms with E-state index < -0.39 is 4.92 Å². The van der Waals surface area contributed by atoms with Crippen LogP contribution in [0.3, 0.4) is 0 Å². The predicted octanol–water partition coefficient (Wildman–Crippen LogP) is 2.83. The minimum Gasteiger partial charge on any atom is -0.356 e. The fraction of sp³-hybridized carbons (Fsp3) is 0.500. The maximum Gasteiger partial charge on any atom is 0.269 e. The van der Waals surface area contributed by atoms with E-state index in [-0.39, 0.29) is 11.6 Å². The Morgan fingerprint density at radius 3 is 2.53 bits per heavy atom. The van der Waals surface area contributed by atoms with Crippen molar-refractivity contribution < 1.29 is 9.72 Å². The molecule has 0 heterocycles. The predicted molar refractivity (Wildman–Crippen MR) is 74.0 cm³/mol. The summed E-state index contributed by atoms with van der Waals surface area (Å²) in [5.74, 6) is 0.0365. The van der Waals surface area contributed by atoms with Gasteiger partial charge in [-0.25, -0.2) is 0 Å². The van der Waals surface area contributed by atoms with E-state index in [9.17, 15) is 14.9 Å². The van der Waals surface area contributed by atoms with Crippen molar-refractivity contribution in [2.45, 2.75) is 39.0 Å². The molecule has 0 unspecified atom stereocenters. The van der Waals surface area contributed by atoms with Crippen LogP contribution < -0.4 is 5.32 Å². The zero-order valence-corrected chi connectivity index (χ0v) is 11.2. The molecule has 0 fully saturated rings. The zero-order chi connectivity index (χ0) is 14.1. The van der Waals surface area contributed by atoms with Gasteiger partial charge in [-0.15, -0.1) is 0 Å². The maximum absolute atomic E-state index is 11.5. The van der Waals surface area contributed by atoms with Gasteiger partial charge in [0.2, 0.25) is 5.91 Å². The lowest BCUT2D eigenvalue weighted by atomic mass is 10.1. The number of hydrogen-bond acceptors (Lipinski definition) is 3. The Labute approximate surface area is 113 Å². The molecular formula is C14H20N2O3. The Balaban J connectivity index is 2.28. The molecule has 1 amide bonds. The number of non-ortho nitro benzene ring substituents is 1. The average Bonchev–Trinajstić information content (AvgIpc) is 2.42. The first-order chi connectivity index (χ1) is 9.13. The molecule has 0 atom stereocenters. The third kappa shape index (κ3) is 5.99. The molecule has 5 heteroatoms. The molecular weight excluding hydrogens is 244 g/mol. The van der Waals surface area contributed by atoms with Crippen LogP contribution in [0.15, 0.2) is 24.3 Å². The normalized spacial score (nSPS) is 10.2. The molecule has 0 aliphatic heterocycles. The van der Waals surface area contributed by atoms with Gasteiger partial charge in [0.15, 0.2) is 0 Å². The molecule has 0 aromatic heterocycles. The van der Waals surface area contributed by atoms with Crippen molar-refractivity contribution in [2.75, 3.05) is 6.54 Å². The molecule has 0 saturated carbocycles. The Kier molecular flexibility index (Phi) is 6.57. The molecule has 0 radical (unpaired) electrons. The van der Waals surface area contributed by atoms with Gasteiger partial charge in [0, 0.05) is 25.1 Å². The van der Waals surface area contributed by atoms with Crippen LogP contribution in [0.5, 0.6) is 0 Å². The number of nitrogens with one attached hydrogen (secondary N) is 1. The van der Waals surface area contributed by atoms with Crippen LogP contribution in [-0.2, 0) is 11.2 Å². The third-order valence-electron chi connectivity index (χ3n) is 2.89. The van der Waals surface area contributed by atoms with Crippen molar-refractivity contribution in [3.63, 3.8) is 0 Å². The van der Waals surface area contributed by atoms with Gasteiger partial charge < -0.3 is 5.32 Å². The molecule has 1 N–H and O–H groups in total.